The zero-order chi connectivity index (χ0) is 13.1. The first-order chi connectivity index (χ1) is 7.80. The van der Waals surface area contributed by atoms with Crippen LogP contribution in [0.5, 0.6) is 0 Å². The standard InChI is InChI=1S/C10H20N2O4S/c1-8(2)12-5-3-9(4-6-12)11-17(15,16)7-10(13)14/h8-9,11H,3-7H2,1-2H3,(H,13,14). The van der Waals surface area contributed by atoms with Gasteiger partial charge in [0.15, 0.2) is 5.75 Å². The van der Waals surface area contributed by atoms with E-state index in [-0.39, 0.29) is 6.04 Å². The molecule has 0 atom stereocenters. The molecule has 0 bridgehead atoms. The molecule has 2 N–H and O–H groups in total. The van der Waals surface area contributed by atoms with Crippen LogP contribution in [0.2, 0.25) is 0 Å². The molecule has 0 aromatic heterocycles. The molecule has 0 saturated carbocycles. The zero-order valence-electron chi connectivity index (χ0n) is 10.2. The number of sulfonamides is 1. The van der Waals surface area contributed by atoms with E-state index in [2.05, 4.69) is 23.5 Å². The maximum absolute atomic E-state index is 11.4. The number of piperidine rings is 1. The van der Waals surface area contributed by atoms with Gasteiger partial charge in [0.05, 0.1) is 0 Å². The van der Waals surface area contributed by atoms with Crippen LogP contribution in [0.25, 0.3) is 0 Å². The molecule has 1 heterocycles. The van der Waals surface area contributed by atoms with Crippen LogP contribution in [-0.4, -0.2) is 55.3 Å². The van der Waals surface area contributed by atoms with E-state index in [1.807, 2.05) is 0 Å². The number of rotatable bonds is 5. The Labute approximate surface area is 102 Å². The third kappa shape index (κ3) is 5.01. The van der Waals surface area contributed by atoms with Gasteiger partial charge in [-0.05, 0) is 39.8 Å². The molecule has 0 aliphatic carbocycles. The molecule has 1 rings (SSSR count). The average molecular weight is 264 g/mol. The van der Waals surface area contributed by atoms with Gasteiger partial charge in [0.2, 0.25) is 10.0 Å². The number of hydrogen-bond acceptors (Lipinski definition) is 4. The lowest BCUT2D eigenvalue weighted by Gasteiger charge is -2.34. The van der Waals surface area contributed by atoms with Crippen molar-refractivity contribution < 1.29 is 18.3 Å². The molecule has 1 aliphatic rings. The molecule has 1 aliphatic heterocycles. The average Bonchev–Trinajstić information content (AvgIpc) is 2.15. The molecule has 1 saturated heterocycles. The second kappa shape index (κ2) is 5.79. The number of hydrogen-bond donors (Lipinski definition) is 2. The summed E-state index contributed by atoms with van der Waals surface area (Å²) in [5.41, 5.74) is 0. The molecular formula is C10H20N2O4S. The van der Waals surface area contributed by atoms with Crippen LogP contribution < -0.4 is 4.72 Å². The van der Waals surface area contributed by atoms with Crippen molar-refractivity contribution >= 4 is 16.0 Å². The Morgan fingerprint density at radius 2 is 1.94 bits per heavy atom. The molecule has 0 aromatic rings. The van der Waals surface area contributed by atoms with Crippen LogP contribution in [0.4, 0.5) is 0 Å². The first kappa shape index (κ1) is 14.4. The molecule has 0 aromatic carbocycles. The Balaban J connectivity index is 2.43. The fraction of sp³-hybridized carbons (Fsp3) is 0.900. The number of nitrogens with one attached hydrogen (secondary N) is 1. The largest absolute Gasteiger partial charge is 0.480 e. The summed E-state index contributed by atoms with van der Waals surface area (Å²) in [7, 11) is -3.69. The van der Waals surface area contributed by atoms with Crippen LogP contribution in [0, 0.1) is 0 Å². The third-order valence-corrected chi connectivity index (χ3v) is 4.24. The number of carboxylic acid groups (broad SMARTS) is 1. The topological polar surface area (TPSA) is 86.7 Å². The monoisotopic (exact) mass is 264 g/mol. The predicted octanol–water partition coefficient (Wildman–Crippen LogP) is -0.137. The highest BCUT2D eigenvalue weighted by Gasteiger charge is 2.25. The number of likely N-dealkylation sites (tertiary alicyclic amines) is 1. The number of carboxylic acids is 1. The molecule has 0 unspecified atom stereocenters. The van der Waals surface area contributed by atoms with Crippen LogP contribution in [0.1, 0.15) is 26.7 Å². The lowest BCUT2D eigenvalue weighted by atomic mass is 10.1. The molecule has 0 spiro atoms. The van der Waals surface area contributed by atoms with Gasteiger partial charge in [-0.25, -0.2) is 13.1 Å². The van der Waals surface area contributed by atoms with E-state index in [1.165, 1.54) is 0 Å². The first-order valence-corrected chi connectivity index (χ1v) is 7.41. The van der Waals surface area contributed by atoms with E-state index in [0.717, 1.165) is 25.9 Å². The maximum atomic E-state index is 11.4. The molecule has 100 valence electrons. The van der Waals surface area contributed by atoms with Crippen molar-refractivity contribution in [1.29, 1.82) is 0 Å². The van der Waals surface area contributed by atoms with Gasteiger partial charge in [-0.15, -0.1) is 0 Å². The molecule has 1 fully saturated rings. The van der Waals surface area contributed by atoms with Gasteiger partial charge in [-0.2, -0.15) is 0 Å². The van der Waals surface area contributed by atoms with Crippen LogP contribution in [0.3, 0.4) is 0 Å². The second-order valence-electron chi connectivity index (χ2n) is 4.67. The lowest BCUT2D eigenvalue weighted by molar-refractivity contribution is -0.134. The Bertz CT molecular complexity index is 359. The summed E-state index contributed by atoms with van der Waals surface area (Å²) in [4.78, 5) is 12.7. The summed E-state index contributed by atoms with van der Waals surface area (Å²) >= 11 is 0. The van der Waals surface area contributed by atoms with E-state index >= 15 is 0 Å². The third-order valence-electron chi connectivity index (χ3n) is 2.92. The van der Waals surface area contributed by atoms with Gasteiger partial charge in [0.1, 0.15) is 0 Å². The lowest BCUT2D eigenvalue weighted by Crippen LogP contribution is -2.47. The summed E-state index contributed by atoms with van der Waals surface area (Å²) in [5.74, 6) is -2.17. The van der Waals surface area contributed by atoms with Crippen LogP contribution in [-0.2, 0) is 14.8 Å². The SMILES string of the molecule is CC(C)N1CCC(NS(=O)(=O)CC(=O)O)CC1. The second-order valence-corrected chi connectivity index (χ2v) is 6.43. The predicted molar refractivity (Wildman–Crippen MR) is 64.3 cm³/mol. The molecular weight excluding hydrogens is 244 g/mol. The highest BCUT2D eigenvalue weighted by Crippen LogP contribution is 2.13. The minimum absolute atomic E-state index is 0.130. The van der Waals surface area contributed by atoms with E-state index in [0.29, 0.717) is 6.04 Å². The molecule has 0 radical (unpaired) electrons. The van der Waals surface area contributed by atoms with Crippen molar-refractivity contribution in [2.45, 2.75) is 38.8 Å². The summed E-state index contributed by atoms with van der Waals surface area (Å²) in [6, 6.07) is 0.334. The minimum Gasteiger partial charge on any atom is -0.480 e. The molecule has 7 heteroatoms. The van der Waals surface area contributed by atoms with Gasteiger partial charge in [-0.3, -0.25) is 4.79 Å². The normalized spacial score (nSPS) is 19.7. The Morgan fingerprint density at radius 3 is 2.35 bits per heavy atom. The summed E-state index contributed by atoms with van der Waals surface area (Å²) in [6.07, 6.45) is 1.47. The van der Waals surface area contributed by atoms with Crippen molar-refractivity contribution in [3.63, 3.8) is 0 Å². The highest BCUT2D eigenvalue weighted by atomic mass is 32.2. The quantitative estimate of drug-likeness (QED) is 0.722. The van der Waals surface area contributed by atoms with E-state index in [4.69, 9.17) is 5.11 Å². The van der Waals surface area contributed by atoms with Crippen LogP contribution >= 0.6 is 0 Å². The smallest absolute Gasteiger partial charge is 0.320 e. The van der Waals surface area contributed by atoms with E-state index in [9.17, 15) is 13.2 Å². The zero-order valence-corrected chi connectivity index (χ0v) is 11.0. The number of carbonyl (C=O) groups is 1. The van der Waals surface area contributed by atoms with Gasteiger partial charge >= 0.3 is 5.97 Å². The van der Waals surface area contributed by atoms with Crippen molar-refractivity contribution in [2.75, 3.05) is 18.8 Å². The minimum atomic E-state index is -3.69. The van der Waals surface area contributed by atoms with E-state index in [1.54, 1.807) is 0 Å². The van der Waals surface area contributed by atoms with Crippen molar-refractivity contribution in [3.8, 4) is 0 Å². The summed E-state index contributed by atoms with van der Waals surface area (Å²) in [6.45, 7) is 5.90. The van der Waals surface area contributed by atoms with Gasteiger partial charge in [0.25, 0.3) is 0 Å². The Hall–Kier alpha value is -0.660. The Kier molecular flexibility index (Phi) is 4.91. The highest BCUT2D eigenvalue weighted by molar-refractivity contribution is 7.90. The molecule has 0 amide bonds. The van der Waals surface area contributed by atoms with Gasteiger partial charge in [0, 0.05) is 12.1 Å². The number of aliphatic carboxylic acids is 1. The van der Waals surface area contributed by atoms with Crippen molar-refractivity contribution in [2.24, 2.45) is 0 Å². The summed E-state index contributed by atoms with van der Waals surface area (Å²) < 4.78 is 25.3. The molecule has 17 heavy (non-hydrogen) atoms. The van der Waals surface area contributed by atoms with Crippen LogP contribution in [0.15, 0.2) is 0 Å². The Morgan fingerprint density at radius 1 is 1.41 bits per heavy atom. The first-order valence-electron chi connectivity index (χ1n) is 5.76. The van der Waals surface area contributed by atoms with E-state index < -0.39 is 21.7 Å². The van der Waals surface area contributed by atoms with Gasteiger partial charge in [-0.1, -0.05) is 0 Å². The van der Waals surface area contributed by atoms with Crippen molar-refractivity contribution in [3.05, 3.63) is 0 Å². The fourth-order valence-electron chi connectivity index (χ4n) is 1.99. The maximum Gasteiger partial charge on any atom is 0.320 e. The fourth-order valence-corrected chi connectivity index (χ4v) is 3.14. The van der Waals surface area contributed by atoms with Crippen molar-refractivity contribution in [1.82, 2.24) is 9.62 Å². The number of nitrogens with zero attached hydrogens (tertiary/aromatic N) is 1. The summed E-state index contributed by atoms with van der Waals surface area (Å²) in [5, 5.41) is 8.47. The van der Waals surface area contributed by atoms with Gasteiger partial charge < -0.3 is 10.0 Å². The molecule has 6 nitrogen and oxygen atoms in total.